The summed E-state index contributed by atoms with van der Waals surface area (Å²) in [6, 6.07) is 12.5. The molecule has 174 valence electrons. The number of amides is 2. The molecule has 0 unspecified atom stereocenters. The van der Waals surface area contributed by atoms with Crippen molar-refractivity contribution in [3.8, 4) is 5.75 Å². The number of sulfonamides is 1. The predicted molar refractivity (Wildman–Crippen MR) is 125 cm³/mol. The van der Waals surface area contributed by atoms with Crippen LogP contribution >= 0.6 is 11.6 Å². The number of nitrogens with zero attached hydrogens (tertiary/aromatic N) is 2. The zero-order valence-corrected chi connectivity index (χ0v) is 20.1. The Balaban J connectivity index is 2.39. The highest BCUT2D eigenvalue weighted by atomic mass is 35.5. The zero-order chi connectivity index (χ0) is 23.9. The van der Waals surface area contributed by atoms with Crippen molar-refractivity contribution in [2.45, 2.75) is 26.4 Å². The lowest BCUT2D eigenvalue weighted by atomic mass is 10.1. The van der Waals surface area contributed by atoms with Crippen molar-refractivity contribution in [1.82, 2.24) is 10.2 Å². The Bertz CT molecular complexity index is 1060. The van der Waals surface area contributed by atoms with Crippen molar-refractivity contribution in [1.29, 1.82) is 0 Å². The van der Waals surface area contributed by atoms with Gasteiger partial charge in [0.05, 0.1) is 19.1 Å². The number of likely N-dealkylation sites (N-methyl/N-ethyl adjacent to an activating group) is 1. The first-order chi connectivity index (χ1) is 15.1. The summed E-state index contributed by atoms with van der Waals surface area (Å²) in [5.74, 6) is -0.258. The van der Waals surface area contributed by atoms with Crippen molar-refractivity contribution in [2.75, 3.05) is 30.8 Å². The number of hydrogen-bond donors (Lipinski definition) is 1. The highest BCUT2D eigenvalue weighted by Gasteiger charge is 2.30. The Morgan fingerprint density at radius 1 is 1.16 bits per heavy atom. The fourth-order valence-electron chi connectivity index (χ4n) is 3.12. The SMILES string of the molecule is CCNC(=O)[C@@H](C)N(Cc1cccc(OC)c1)C(=O)CN(c1cccc(Cl)c1)S(C)(=O)=O. The van der Waals surface area contributed by atoms with Gasteiger partial charge >= 0.3 is 0 Å². The predicted octanol–water partition coefficient (Wildman–Crippen LogP) is 2.67. The monoisotopic (exact) mass is 481 g/mol. The second-order valence-electron chi connectivity index (χ2n) is 7.19. The Hall–Kier alpha value is -2.78. The fraction of sp³-hybridized carbons (Fsp3) is 0.364. The van der Waals surface area contributed by atoms with E-state index >= 15 is 0 Å². The first kappa shape index (κ1) is 25.5. The fourth-order valence-corrected chi connectivity index (χ4v) is 4.14. The molecule has 0 saturated carbocycles. The average molecular weight is 482 g/mol. The molecule has 2 aromatic carbocycles. The van der Waals surface area contributed by atoms with Crippen molar-refractivity contribution in [3.05, 3.63) is 59.1 Å². The van der Waals surface area contributed by atoms with Gasteiger partial charge in [-0.3, -0.25) is 13.9 Å². The highest BCUT2D eigenvalue weighted by Crippen LogP contribution is 2.23. The molecule has 0 fully saturated rings. The summed E-state index contributed by atoms with van der Waals surface area (Å²) in [5.41, 5.74) is 1.00. The van der Waals surface area contributed by atoms with E-state index in [0.717, 1.165) is 16.1 Å². The van der Waals surface area contributed by atoms with Crippen molar-refractivity contribution in [2.24, 2.45) is 0 Å². The minimum Gasteiger partial charge on any atom is -0.497 e. The number of halogens is 1. The van der Waals surface area contributed by atoms with Gasteiger partial charge in [-0.2, -0.15) is 0 Å². The third-order valence-electron chi connectivity index (χ3n) is 4.78. The first-order valence-corrected chi connectivity index (χ1v) is 12.2. The van der Waals surface area contributed by atoms with Crippen LogP contribution in [0.1, 0.15) is 19.4 Å². The van der Waals surface area contributed by atoms with E-state index in [9.17, 15) is 18.0 Å². The van der Waals surface area contributed by atoms with E-state index in [-0.39, 0.29) is 18.1 Å². The lowest BCUT2D eigenvalue weighted by Gasteiger charge is -2.31. The van der Waals surface area contributed by atoms with Crippen LogP contribution in [0.4, 0.5) is 5.69 Å². The second-order valence-corrected chi connectivity index (χ2v) is 9.54. The molecule has 0 aliphatic rings. The van der Waals surface area contributed by atoms with Gasteiger partial charge in [0.1, 0.15) is 18.3 Å². The Kier molecular flexibility index (Phi) is 8.91. The van der Waals surface area contributed by atoms with E-state index in [2.05, 4.69) is 5.32 Å². The first-order valence-electron chi connectivity index (χ1n) is 10.00. The van der Waals surface area contributed by atoms with E-state index in [0.29, 0.717) is 17.3 Å². The summed E-state index contributed by atoms with van der Waals surface area (Å²) in [7, 11) is -2.26. The third-order valence-corrected chi connectivity index (χ3v) is 6.16. The average Bonchev–Trinajstić information content (AvgIpc) is 2.74. The molecule has 0 radical (unpaired) electrons. The van der Waals surface area contributed by atoms with Gasteiger partial charge in [0.2, 0.25) is 21.8 Å². The van der Waals surface area contributed by atoms with Gasteiger partial charge < -0.3 is 15.0 Å². The van der Waals surface area contributed by atoms with Gasteiger partial charge in [-0.05, 0) is 49.7 Å². The van der Waals surface area contributed by atoms with Crippen molar-refractivity contribution < 1.29 is 22.7 Å². The lowest BCUT2D eigenvalue weighted by molar-refractivity contribution is -0.139. The molecule has 2 aromatic rings. The summed E-state index contributed by atoms with van der Waals surface area (Å²) in [4.78, 5) is 27.2. The molecule has 1 N–H and O–H groups in total. The molecule has 2 amide bonds. The molecule has 1 atom stereocenters. The number of ether oxygens (including phenoxy) is 1. The number of carbonyl (C=O) groups is 2. The van der Waals surface area contributed by atoms with Crippen LogP contribution in [0, 0.1) is 0 Å². The van der Waals surface area contributed by atoms with Crippen LogP contribution < -0.4 is 14.4 Å². The van der Waals surface area contributed by atoms with E-state index in [1.165, 1.54) is 18.1 Å². The number of anilines is 1. The molecule has 0 spiro atoms. The van der Waals surface area contributed by atoms with Crippen LogP contribution in [0.3, 0.4) is 0 Å². The van der Waals surface area contributed by atoms with Crippen molar-refractivity contribution >= 4 is 39.1 Å². The molecule has 0 saturated heterocycles. The van der Waals surface area contributed by atoms with Gasteiger partial charge in [-0.25, -0.2) is 8.42 Å². The summed E-state index contributed by atoms with van der Waals surface area (Å²) in [5, 5.41) is 3.05. The van der Waals surface area contributed by atoms with E-state index in [4.69, 9.17) is 16.3 Å². The van der Waals surface area contributed by atoms with Crippen LogP contribution in [0.15, 0.2) is 48.5 Å². The molecule has 2 rings (SSSR count). The van der Waals surface area contributed by atoms with Crippen LogP contribution in [0.25, 0.3) is 0 Å². The molecule has 0 aliphatic heterocycles. The van der Waals surface area contributed by atoms with Crippen LogP contribution in [0.5, 0.6) is 5.75 Å². The quantitative estimate of drug-likeness (QED) is 0.562. The van der Waals surface area contributed by atoms with Gasteiger partial charge in [0.15, 0.2) is 0 Å². The van der Waals surface area contributed by atoms with Gasteiger partial charge in [0, 0.05) is 18.1 Å². The van der Waals surface area contributed by atoms with E-state index in [1.54, 1.807) is 56.3 Å². The van der Waals surface area contributed by atoms with Gasteiger partial charge in [-0.1, -0.05) is 29.8 Å². The summed E-state index contributed by atoms with van der Waals surface area (Å²) in [6.07, 6.45) is 1.01. The molecule has 8 nitrogen and oxygen atoms in total. The van der Waals surface area contributed by atoms with Gasteiger partial charge in [-0.15, -0.1) is 0 Å². The smallest absolute Gasteiger partial charge is 0.244 e. The molecule has 0 bridgehead atoms. The number of methoxy groups -OCH3 is 1. The normalized spacial score (nSPS) is 12.0. The molecule has 0 aromatic heterocycles. The zero-order valence-electron chi connectivity index (χ0n) is 18.5. The maximum Gasteiger partial charge on any atom is 0.244 e. The molecule has 10 heteroatoms. The summed E-state index contributed by atoms with van der Waals surface area (Å²) >= 11 is 6.02. The van der Waals surface area contributed by atoms with Crippen molar-refractivity contribution in [3.63, 3.8) is 0 Å². The number of benzene rings is 2. The van der Waals surface area contributed by atoms with Gasteiger partial charge in [0.25, 0.3) is 0 Å². The van der Waals surface area contributed by atoms with Crippen LogP contribution in [0.2, 0.25) is 5.02 Å². The topological polar surface area (TPSA) is 96.0 Å². The highest BCUT2D eigenvalue weighted by molar-refractivity contribution is 7.92. The number of hydrogen-bond acceptors (Lipinski definition) is 5. The minimum absolute atomic E-state index is 0.0987. The number of rotatable bonds is 10. The largest absolute Gasteiger partial charge is 0.497 e. The molecule has 0 aliphatic carbocycles. The third kappa shape index (κ3) is 6.86. The van der Waals surface area contributed by atoms with Crippen LogP contribution in [-0.2, 0) is 26.2 Å². The van der Waals surface area contributed by atoms with E-state index in [1.807, 2.05) is 0 Å². The minimum atomic E-state index is -3.80. The summed E-state index contributed by atoms with van der Waals surface area (Å²) in [6.45, 7) is 3.41. The Labute approximate surface area is 194 Å². The second kappa shape index (κ2) is 11.2. The van der Waals surface area contributed by atoms with E-state index < -0.39 is 28.5 Å². The summed E-state index contributed by atoms with van der Waals surface area (Å²) < 4.78 is 31.1. The number of carbonyl (C=O) groups excluding carboxylic acids is 2. The lowest BCUT2D eigenvalue weighted by Crippen LogP contribution is -2.51. The maximum atomic E-state index is 13.3. The molecule has 0 heterocycles. The number of nitrogens with one attached hydrogen (secondary N) is 1. The molecule has 32 heavy (non-hydrogen) atoms. The Morgan fingerprint density at radius 3 is 2.44 bits per heavy atom. The van der Waals surface area contributed by atoms with Crippen LogP contribution in [-0.4, -0.2) is 57.6 Å². The Morgan fingerprint density at radius 2 is 1.84 bits per heavy atom. The standard InChI is InChI=1S/C22H28ClN3O5S/c1-5-24-22(28)16(2)25(14-17-8-6-11-20(12-17)31-3)21(27)15-26(32(4,29)30)19-10-7-9-18(23)13-19/h6-13,16H,5,14-15H2,1-4H3,(H,24,28)/t16-/m1/s1. The molecular weight excluding hydrogens is 454 g/mol. The maximum absolute atomic E-state index is 13.3. The molecular formula is C22H28ClN3O5S.